The smallest absolute Gasteiger partial charge is 0.175 e. The van der Waals surface area contributed by atoms with Gasteiger partial charge in [0.25, 0.3) is 0 Å². The number of hydrogen-bond acceptors (Lipinski definition) is 3. The van der Waals surface area contributed by atoms with Crippen LogP contribution in [0.5, 0.6) is 11.5 Å². The molecule has 1 aromatic rings. The summed E-state index contributed by atoms with van der Waals surface area (Å²) in [7, 11) is 0. The van der Waals surface area contributed by atoms with Crippen molar-refractivity contribution in [1.29, 1.82) is 0 Å². The highest BCUT2D eigenvalue weighted by atomic mass is 79.9. The largest absolute Gasteiger partial charge is 0.490 e. The maximum atomic E-state index is 5.86. The summed E-state index contributed by atoms with van der Waals surface area (Å²) in [5, 5.41) is 0. The molecule has 0 saturated carbocycles. The van der Waals surface area contributed by atoms with Gasteiger partial charge in [-0.2, -0.15) is 0 Å². The summed E-state index contributed by atoms with van der Waals surface area (Å²) in [6.45, 7) is 9.56. The van der Waals surface area contributed by atoms with E-state index in [-0.39, 0.29) is 5.60 Å². The summed E-state index contributed by atoms with van der Waals surface area (Å²) in [5.74, 6) is 1.83. The first-order valence-electron chi connectivity index (χ1n) is 6.65. The number of ether oxygens (including phenoxy) is 3. The van der Waals surface area contributed by atoms with Gasteiger partial charge in [-0.15, -0.1) is 11.6 Å². The minimum Gasteiger partial charge on any atom is -0.490 e. The average molecular weight is 366 g/mol. The third-order valence-electron chi connectivity index (χ3n) is 2.39. The molecule has 5 heteroatoms. The number of hydrogen-bond donors (Lipinski definition) is 0. The Morgan fingerprint density at radius 3 is 2.40 bits per heavy atom. The second-order valence-electron chi connectivity index (χ2n) is 5.28. The molecule has 0 aliphatic heterocycles. The Morgan fingerprint density at radius 1 is 1.15 bits per heavy atom. The molecule has 0 radical (unpaired) electrons. The van der Waals surface area contributed by atoms with Crippen LogP contribution >= 0.6 is 27.5 Å². The minimum atomic E-state index is -0.161. The second kappa shape index (κ2) is 8.11. The van der Waals surface area contributed by atoms with Crippen molar-refractivity contribution >= 4 is 27.5 Å². The molecule has 0 unspecified atom stereocenters. The molecule has 114 valence electrons. The van der Waals surface area contributed by atoms with E-state index in [9.17, 15) is 0 Å². The lowest BCUT2D eigenvalue weighted by Crippen LogP contribution is -2.22. The van der Waals surface area contributed by atoms with E-state index >= 15 is 0 Å². The van der Waals surface area contributed by atoms with E-state index in [1.807, 2.05) is 39.8 Å². The Hall–Kier alpha value is -0.450. The van der Waals surface area contributed by atoms with Crippen molar-refractivity contribution in [3.63, 3.8) is 0 Å². The van der Waals surface area contributed by atoms with Gasteiger partial charge in [-0.05, 0) is 61.3 Å². The molecule has 0 atom stereocenters. The lowest BCUT2D eigenvalue weighted by Gasteiger charge is -2.20. The van der Waals surface area contributed by atoms with Crippen molar-refractivity contribution in [3.8, 4) is 11.5 Å². The summed E-state index contributed by atoms with van der Waals surface area (Å²) in [6.07, 6.45) is 0. The van der Waals surface area contributed by atoms with Gasteiger partial charge in [0.2, 0.25) is 0 Å². The van der Waals surface area contributed by atoms with E-state index in [0.717, 1.165) is 10.0 Å². The normalized spacial score (nSPS) is 11.5. The highest BCUT2D eigenvalue weighted by Crippen LogP contribution is 2.37. The molecular weight excluding hydrogens is 344 g/mol. The minimum absolute atomic E-state index is 0.161. The highest BCUT2D eigenvalue weighted by molar-refractivity contribution is 9.10. The van der Waals surface area contributed by atoms with E-state index < -0.39 is 0 Å². The third kappa shape index (κ3) is 5.90. The maximum absolute atomic E-state index is 5.86. The van der Waals surface area contributed by atoms with Gasteiger partial charge in [0.05, 0.1) is 23.3 Å². The molecule has 1 rings (SSSR count). The standard InChI is InChI=1S/C15H22BrClO3/c1-5-18-13-9-11(10-17)8-12(16)14(13)19-6-7-20-15(2,3)4/h8-9H,5-7,10H2,1-4H3. The summed E-state index contributed by atoms with van der Waals surface area (Å²) < 4.78 is 17.9. The summed E-state index contributed by atoms with van der Waals surface area (Å²) >= 11 is 9.36. The summed E-state index contributed by atoms with van der Waals surface area (Å²) in [4.78, 5) is 0. The molecule has 0 aliphatic rings. The van der Waals surface area contributed by atoms with Gasteiger partial charge in [-0.1, -0.05) is 0 Å². The van der Waals surface area contributed by atoms with Gasteiger partial charge in [-0.3, -0.25) is 0 Å². The van der Waals surface area contributed by atoms with Gasteiger partial charge >= 0.3 is 0 Å². The van der Waals surface area contributed by atoms with Crippen LogP contribution in [0.3, 0.4) is 0 Å². The van der Waals surface area contributed by atoms with Crippen LogP contribution in [0.1, 0.15) is 33.3 Å². The highest BCUT2D eigenvalue weighted by Gasteiger charge is 2.13. The van der Waals surface area contributed by atoms with E-state index in [4.69, 9.17) is 25.8 Å². The fourth-order valence-electron chi connectivity index (χ4n) is 1.59. The SMILES string of the molecule is CCOc1cc(CCl)cc(Br)c1OCCOC(C)(C)C. The van der Waals surface area contributed by atoms with Crippen LogP contribution in [-0.2, 0) is 10.6 Å². The van der Waals surface area contributed by atoms with E-state index in [2.05, 4.69) is 15.9 Å². The van der Waals surface area contributed by atoms with E-state index in [1.54, 1.807) is 0 Å². The molecule has 20 heavy (non-hydrogen) atoms. The number of halogens is 2. The van der Waals surface area contributed by atoms with Gasteiger partial charge in [0, 0.05) is 5.88 Å². The molecule has 0 aliphatic carbocycles. The number of benzene rings is 1. The van der Waals surface area contributed by atoms with Crippen molar-refractivity contribution in [2.45, 2.75) is 39.2 Å². The van der Waals surface area contributed by atoms with Crippen LogP contribution in [0.15, 0.2) is 16.6 Å². The zero-order valence-corrected chi connectivity index (χ0v) is 14.8. The molecule has 1 aromatic carbocycles. The summed E-state index contributed by atoms with van der Waals surface area (Å²) in [5.41, 5.74) is 0.825. The zero-order chi connectivity index (χ0) is 15.2. The van der Waals surface area contributed by atoms with Crippen LogP contribution in [0.4, 0.5) is 0 Å². The monoisotopic (exact) mass is 364 g/mol. The van der Waals surface area contributed by atoms with Crippen molar-refractivity contribution < 1.29 is 14.2 Å². The van der Waals surface area contributed by atoms with Crippen LogP contribution in [0.25, 0.3) is 0 Å². The molecule has 0 spiro atoms. The molecule has 0 saturated heterocycles. The molecule has 3 nitrogen and oxygen atoms in total. The average Bonchev–Trinajstić information content (AvgIpc) is 2.35. The maximum Gasteiger partial charge on any atom is 0.175 e. The molecule has 0 aromatic heterocycles. The Balaban J connectivity index is 2.72. The molecule has 0 bridgehead atoms. The first-order valence-corrected chi connectivity index (χ1v) is 7.98. The third-order valence-corrected chi connectivity index (χ3v) is 3.29. The molecule has 0 N–H and O–H groups in total. The molecule has 0 amide bonds. The van der Waals surface area contributed by atoms with Crippen molar-refractivity contribution in [2.75, 3.05) is 19.8 Å². The quantitative estimate of drug-likeness (QED) is 0.514. The number of rotatable bonds is 7. The predicted molar refractivity (Wildman–Crippen MR) is 86.1 cm³/mol. The van der Waals surface area contributed by atoms with Gasteiger partial charge in [-0.25, -0.2) is 0 Å². The van der Waals surface area contributed by atoms with Crippen LogP contribution in [0.2, 0.25) is 0 Å². The molecule has 0 heterocycles. The Bertz CT molecular complexity index is 430. The van der Waals surface area contributed by atoms with Gasteiger partial charge in [0.15, 0.2) is 11.5 Å². The summed E-state index contributed by atoms with van der Waals surface area (Å²) in [6, 6.07) is 3.84. The first-order chi connectivity index (χ1) is 9.37. The van der Waals surface area contributed by atoms with Crippen molar-refractivity contribution in [1.82, 2.24) is 0 Å². The lowest BCUT2D eigenvalue weighted by atomic mass is 10.2. The zero-order valence-electron chi connectivity index (χ0n) is 12.5. The Morgan fingerprint density at radius 2 is 1.85 bits per heavy atom. The van der Waals surface area contributed by atoms with Gasteiger partial charge < -0.3 is 14.2 Å². The number of alkyl halides is 1. The fourth-order valence-corrected chi connectivity index (χ4v) is 2.35. The topological polar surface area (TPSA) is 27.7 Å². The van der Waals surface area contributed by atoms with Crippen molar-refractivity contribution in [2.24, 2.45) is 0 Å². The molecule has 0 fully saturated rings. The lowest BCUT2D eigenvalue weighted by molar-refractivity contribution is -0.0166. The Kier molecular flexibility index (Phi) is 7.13. The Labute approximate surface area is 134 Å². The fraction of sp³-hybridized carbons (Fsp3) is 0.600. The van der Waals surface area contributed by atoms with E-state index in [0.29, 0.717) is 37.2 Å². The van der Waals surface area contributed by atoms with E-state index in [1.165, 1.54) is 0 Å². The van der Waals surface area contributed by atoms with Crippen LogP contribution in [0, 0.1) is 0 Å². The van der Waals surface area contributed by atoms with Crippen LogP contribution in [-0.4, -0.2) is 25.4 Å². The second-order valence-corrected chi connectivity index (χ2v) is 6.40. The first kappa shape index (κ1) is 17.6. The molecular formula is C15H22BrClO3. The van der Waals surface area contributed by atoms with Crippen LogP contribution < -0.4 is 9.47 Å². The van der Waals surface area contributed by atoms with Crippen molar-refractivity contribution in [3.05, 3.63) is 22.2 Å². The van der Waals surface area contributed by atoms with Gasteiger partial charge in [0.1, 0.15) is 6.61 Å². The predicted octanol–water partition coefficient (Wildman–Crippen LogP) is 4.78.